The largest absolute Gasteiger partial charge is 0.494 e. The zero-order chi connectivity index (χ0) is 14.8. The molecule has 0 atom stereocenters. The number of hydrogen-bond donors (Lipinski definition) is 1. The molecule has 1 aromatic carbocycles. The Bertz CT molecular complexity index is 662. The molecule has 1 saturated carbocycles. The predicted molar refractivity (Wildman–Crippen MR) is 73.9 cm³/mol. The minimum absolute atomic E-state index is 0.179. The summed E-state index contributed by atoms with van der Waals surface area (Å²) in [5.74, 6) is 0.646. The molecule has 1 aliphatic rings. The van der Waals surface area contributed by atoms with Gasteiger partial charge in [-0.3, -0.25) is 0 Å². The fourth-order valence-corrected chi connectivity index (χ4v) is 2.79. The summed E-state index contributed by atoms with van der Waals surface area (Å²) in [4.78, 5) is 11.2. The molecule has 21 heavy (non-hydrogen) atoms. The molecule has 0 saturated heterocycles. The maximum absolute atomic E-state index is 11.2. The normalized spacial score (nSPS) is 15.3. The lowest BCUT2D eigenvalue weighted by molar-refractivity contribution is 0.0697. The van der Waals surface area contributed by atoms with Crippen molar-refractivity contribution in [2.24, 2.45) is 0 Å². The van der Waals surface area contributed by atoms with Gasteiger partial charge in [0.2, 0.25) is 0 Å². The lowest BCUT2D eigenvalue weighted by atomic mass is 10.1. The van der Waals surface area contributed by atoms with Crippen molar-refractivity contribution in [3.8, 4) is 11.4 Å². The Morgan fingerprint density at radius 2 is 2.14 bits per heavy atom. The molecule has 1 aromatic heterocycles. The van der Waals surface area contributed by atoms with Crippen LogP contribution in [0.5, 0.6) is 5.75 Å². The third-order valence-corrected chi connectivity index (χ3v) is 3.87. The molecule has 0 amide bonds. The standard InChI is InChI=1S/C14H16N4O3/c1-21-12-7-6-10(14(19)20)8-11(12)18-13(15-16-17-18)9-4-2-3-5-9/h6-9H,2-5H2,1H3,(H,19,20). The Kier molecular flexibility index (Phi) is 3.55. The van der Waals surface area contributed by atoms with Gasteiger partial charge in [0.05, 0.1) is 12.7 Å². The smallest absolute Gasteiger partial charge is 0.335 e. The molecule has 7 heteroatoms. The number of aromatic nitrogens is 4. The SMILES string of the molecule is COc1ccc(C(=O)O)cc1-n1nnnc1C1CCCC1. The number of nitrogens with zero attached hydrogens (tertiary/aromatic N) is 4. The van der Waals surface area contributed by atoms with E-state index in [2.05, 4.69) is 15.5 Å². The number of tetrazole rings is 1. The first-order valence-electron chi connectivity index (χ1n) is 6.90. The minimum atomic E-state index is -0.991. The fraction of sp³-hybridized carbons (Fsp3) is 0.429. The summed E-state index contributed by atoms with van der Waals surface area (Å²) in [6, 6.07) is 4.67. The summed E-state index contributed by atoms with van der Waals surface area (Å²) < 4.78 is 6.91. The monoisotopic (exact) mass is 288 g/mol. The van der Waals surface area contributed by atoms with Crippen LogP contribution in [0.25, 0.3) is 5.69 Å². The van der Waals surface area contributed by atoms with Crippen LogP contribution in [0.2, 0.25) is 0 Å². The molecule has 7 nitrogen and oxygen atoms in total. The van der Waals surface area contributed by atoms with Crippen LogP contribution in [0, 0.1) is 0 Å². The average Bonchev–Trinajstić information content (AvgIpc) is 3.16. The average molecular weight is 288 g/mol. The molecule has 1 heterocycles. The van der Waals surface area contributed by atoms with Gasteiger partial charge >= 0.3 is 5.97 Å². The van der Waals surface area contributed by atoms with Crippen molar-refractivity contribution < 1.29 is 14.6 Å². The van der Waals surface area contributed by atoms with E-state index >= 15 is 0 Å². The van der Waals surface area contributed by atoms with Crippen LogP contribution in [-0.2, 0) is 0 Å². The van der Waals surface area contributed by atoms with Crippen molar-refractivity contribution in [2.75, 3.05) is 7.11 Å². The van der Waals surface area contributed by atoms with Crippen LogP contribution in [0.3, 0.4) is 0 Å². The lowest BCUT2D eigenvalue weighted by Gasteiger charge is -2.13. The molecule has 0 radical (unpaired) electrons. The molecule has 1 fully saturated rings. The van der Waals surface area contributed by atoms with E-state index in [1.807, 2.05) is 0 Å². The molecule has 0 unspecified atom stereocenters. The Morgan fingerprint density at radius 3 is 2.81 bits per heavy atom. The molecule has 2 aromatic rings. The van der Waals surface area contributed by atoms with Crippen molar-refractivity contribution in [2.45, 2.75) is 31.6 Å². The second kappa shape index (κ2) is 5.51. The van der Waals surface area contributed by atoms with Crippen molar-refractivity contribution in [3.05, 3.63) is 29.6 Å². The molecule has 110 valence electrons. The third-order valence-electron chi connectivity index (χ3n) is 3.87. The zero-order valence-electron chi connectivity index (χ0n) is 11.7. The maximum atomic E-state index is 11.2. The number of benzene rings is 1. The Labute approximate surface area is 121 Å². The lowest BCUT2D eigenvalue weighted by Crippen LogP contribution is -2.09. The van der Waals surface area contributed by atoms with E-state index in [1.165, 1.54) is 25.0 Å². The summed E-state index contributed by atoms with van der Waals surface area (Å²) in [5.41, 5.74) is 0.739. The van der Waals surface area contributed by atoms with E-state index in [0.29, 0.717) is 17.4 Å². The number of hydrogen-bond acceptors (Lipinski definition) is 5. The van der Waals surface area contributed by atoms with Gasteiger partial charge in [-0.1, -0.05) is 12.8 Å². The van der Waals surface area contributed by atoms with E-state index in [0.717, 1.165) is 18.7 Å². The highest BCUT2D eigenvalue weighted by Crippen LogP contribution is 2.34. The number of methoxy groups -OCH3 is 1. The van der Waals surface area contributed by atoms with Gasteiger partial charge in [-0.05, 0) is 41.5 Å². The molecule has 0 bridgehead atoms. The van der Waals surface area contributed by atoms with E-state index in [9.17, 15) is 4.79 Å². The summed E-state index contributed by atoms with van der Waals surface area (Å²) in [7, 11) is 1.54. The van der Waals surface area contributed by atoms with Crippen molar-refractivity contribution in [1.29, 1.82) is 0 Å². The number of carboxylic acid groups (broad SMARTS) is 1. The summed E-state index contributed by atoms with van der Waals surface area (Å²) >= 11 is 0. The van der Waals surface area contributed by atoms with Crippen LogP contribution >= 0.6 is 0 Å². The zero-order valence-corrected chi connectivity index (χ0v) is 11.7. The second-order valence-electron chi connectivity index (χ2n) is 5.12. The molecular weight excluding hydrogens is 272 g/mol. The third kappa shape index (κ3) is 2.46. The number of ether oxygens (including phenoxy) is 1. The number of carboxylic acids is 1. The predicted octanol–water partition coefficient (Wildman–Crippen LogP) is 2.03. The minimum Gasteiger partial charge on any atom is -0.494 e. The summed E-state index contributed by atoms with van der Waals surface area (Å²) in [6.07, 6.45) is 4.45. The van der Waals surface area contributed by atoms with Crippen LogP contribution in [0.15, 0.2) is 18.2 Å². The second-order valence-corrected chi connectivity index (χ2v) is 5.12. The molecule has 3 rings (SSSR count). The van der Waals surface area contributed by atoms with E-state index in [1.54, 1.807) is 17.9 Å². The topological polar surface area (TPSA) is 90.1 Å². The van der Waals surface area contributed by atoms with Crippen LogP contribution in [0.4, 0.5) is 0 Å². The Hall–Kier alpha value is -2.44. The maximum Gasteiger partial charge on any atom is 0.335 e. The Morgan fingerprint density at radius 1 is 1.38 bits per heavy atom. The summed E-state index contributed by atoms with van der Waals surface area (Å²) in [6.45, 7) is 0. The van der Waals surface area contributed by atoms with Gasteiger partial charge in [-0.2, -0.15) is 4.68 Å². The molecule has 0 spiro atoms. The van der Waals surface area contributed by atoms with E-state index < -0.39 is 5.97 Å². The van der Waals surface area contributed by atoms with Crippen LogP contribution in [-0.4, -0.2) is 38.4 Å². The van der Waals surface area contributed by atoms with Crippen molar-refractivity contribution in [3.63, 3.8) is 0 Å². The summed E-state index contributed by atoms with van der Waals surface area (Å²) in [5, 5.41) is 21.0. The van der Waals surface area contributed by atoms with Gasteiger partial charge in [0, 0.05) is 5.92 Å². The van der Waals surface area contributed by atoms with Gasteiger partial charge in [-0.25, -0.2) is 4.79 Å². The molecular formula is C14H16N4O3. The Balaban J connectivity index is 2.09. The van der Waals surface area contributed by atoms with E-state index in [-0.39, 0.29) is 5.56 Å². The van der Waals surface area contributed by atoms with Crippen LogP contribution < -0.4 is 4.74 Å². The highest BCUT2D eigenvalue weighted by atomic mass is 16.5. The van der Waals surface area contributed by atoms with Gasteiger partial charge in [0.15, 0.2) is 5.82 Å². The fourth-order valence-electron chi connectivity index (χ4n) is 2.79. The molecule has 1 N–H and O–H groups in total. The van der Waals surface area contributed by atoms with Gasteiger partial charge in [0.25, 0.3) is 0 Å². The number of rotatable bonds is 4. The first-order chi connectivity index (χ1) is 10.2. The van der Waals surface area contributed by atoms with Gasteiger partial charge < -0.3 is 9.84 Å². The first-order valence-corrected chi connectivity index (χ1v) is 6.90. The first kappa shape index (κ1) is 13.5. The van der Waals surface area contributed by atoms with Gasteiger partial charge in [-0.15, -0.1) is 5.10 Å². The van der Waals surface area contributed by atoms with E-state index in [4.69, 9.17) is 9.84 Å². The molecule has 1 aliphatic carbocycles. The van der Waals surface area contributed by atoms with Crippen molar-refractivity contribution >= 4 is 5.97 Å². The number of aromatic carboxylic acids is 1. The highest BCUT2D eigenvalue weighted by molar-refractivity contribution is 5.88. The highest BCUT2D eigenvalue weighted by Gasteiger charge is 2.25. The molecule has 0 aliphatic heterocycles. The quantitative estimate of drug-likeness (QED) is 0.925. The van der Waals surface area contributed by atoms with Crippen LogP contribution in [0.1, 0.15) is 47.8 Å². The number of carbonyl (C=O) groups is 1. The van der Waals surface area contributed by atoms with Gasteiger partial charge in [0.1, 0.15) is 11.4 Å². The van der Waals surface area contributed by atoms with Crippen molar-refractivity contribution in [1.82, 2.24) is 20.2 Å².